The van der Waals surface area contributed by atoms with Gasteiger partial charge >= 0.3 is 0 Å². The Balaban J connectivity index is 0.00000189. The van der Waals surface area contributed by atoms with Crippen molar-refractivity contribution < 1.29 is 10.0 Å². The summed E-state index contributed by atoms with van der Waals surface area (Å²) in [7, 11) is 4.10. The zero-order valence-electron chi connectivity index (χ0n) is 21.3. The number of nitrogens with one attached hydrogen (secondary N) is 2. The molecular formula is C26H43N5O2. The molecule has 33 heavy (non-hydrogen) atoms. The molecule has 2 rings (SSSR count). The number of hydrogen-bond acceptors (Lipinski definition) is 5. The van der Waals surface area contributed by atoms with Crippen molar-refractivity contribution in [2.24, 2.45) is 0 Å². The van der Waals surface area contributed by atoms with E-state index in [1.54, 1.807) is 17.6 Å². The van der Waals surface area contributed by atoms with E-state index in [0.29, 0.717) is 6.54 Å². The Morgan fingerprint density at radius 3 is 2.58 bits per heavy atom. The van der Waals surface area contributed by atoms with E-state index < -0.39 is 5.91 Å². The normalized spacial score (nSPS) is 10.8. The van der Waals surface area contributed by atoms with Crippen LogP contribution in [0, 0.1) is 0 Å². The molecule has 1 aromatic heterocycles. The van der Waals surface area contributed by atoms with Crippen LogP contribution >= 0.6 is 0 Å². The Kier molecular flexibility index (Phi) is 17.2. The second-order valence-corrected chi connectivity index (χ2v) is 7.36. The zero-order chi connectivity index (χ0) is 25.1. The molecule has 1 aromatic carbocycles. The van der Waals surface area contributed by atoms with Gasteiger partial charge in [-0.15, -0.1) is 6.58 Å². The lowest BCUT2D eigenvalue weighted by Gasteiger charge is -2.10. The van der Waals surface area contributed by atoms with Crippen LogP contribution < -0.4 is 10.8 Å². The van der Waals surface area contributed by atoms with E-state index in [4.69, 9.17) is 10.3 Å². The van der Waals surface area contributed by atoms with Gasteiger partial charge in [-0.05, 0) is 71.1 Å². The number of aromatic nitrogens is 2. The van der Waals surface area contributed by atoms with Crippen molar-refractivity contribution in [3.05, 3.63) is 60.3 Å². The highest BCUT2D eigenvalue weighted by Gasteiger charge is 2.11. The third-order valence-electron chi connectivity index (χ3n) is 4.40. The van der Waals surface area contributed by atoms with Gasteiger partial charge in [0, 0.05) is 24.6 Å². The number of nitrogens with zero attached hydrogens (tertiary/aromatic N) is 3. The van der Waals surface area contributed by atoms with Gasteiger partial charge in [-0.25, -0.2) is 5.48 Å². The van der Waals surface area contributed by atoms with E-state index in [1.165, 1.54) is 6.08 Å². The first-order valence-electron chi connectivity index (χ1n) is 11.6. The first-order valence-corrected chi connectivity index (χ1v) is 11.6. The molecule has 1 heterocycles. The van der Waals surface area contributed by atoms with E-state index in [-0.39, 0.29) is 0 Å². The van der Waals surface area contributed by atoms with Crippen LogP contribution in [0.25, 0.3) is 17.0 Å². The molecule has 0 saturated carbocycles. The fourth-order valence-corrected chi connectivity index (χ4v) is 2.89. The Morgan fingerprint density at radius 2 is 1.97 bits per heavy atom. The van der Waals surface area contributed by atoms with Crippen molar-refractivity contribution in [1.82, 2.24) is 25.5 Å². The van der Waals surface area contributed by atoms with Crippen LogP contribution in [0.15, 0.2) is 49.1 Å². The summed E-state index contributed by atoms with van der Waals surface area (Å²) >= 11 is 0. The van der Waals surface area contributed by atoms with Crippen molar-refractivity contribution in [3.8, 4) is 0 Å². The SMILES string of the molecule is C/C=C\CCCNCc1nn(CCN(C)C)c2ccc(/C=C/C(=O)NO)cc12.C=CC.CC. The van der Waals surface area contributed by atoms with Gasteiger partial charge in [0.1, 0.15) is 0 Å². The lowest BCUT2D eigenvalue weighted by Crippen LogP contribution is -2.19. The van der Waals surface area contributed by atoms with E-state index in [1.807, 2.05) is 64.7 Å². The van der Waals surface area contributed by atoms with Crippen LogP contribution in [0.5, 0.6) is 0 Å². The standard InChI is InChI=1S/C21H31N5O2.C3H6.C2H6/c1-4-5-6-7-12-22-16-19-18-15-17(9-11-21(27)24-28)8-10-20(18)26(23-19)14-13-25(2)3;1-3-2;1-2/h4-5,8-11,15,22,28H,6-7,12-14,16H2,1-3H3,(H,24,27);3H,1H2,2H3;1-2H3/b5-4-,11-9+;;. The molecule has 0 unspecified atom stereocenters. The van der Waals surface area contributed by atoms with Crippen LogP contribution in [0.4, 0.5) is 0 Å². The molecule has 7 nitrogen and oxygen atoms in total. The second kappa shape index (κ2) is 18.8. The van der Waals surface area contributed by atoms with Gasteiger partial charge in [-0.2, -0.15) is 5.10 Å². The third kappa shape index (κ3) is 12.2. The van der Waals surface area contributed by atoms with E-state index in [9.17, 15) is 4.79 Å². The van der Waals surface area contributed by atoms with Crippen molar-refractivity contribution in [3.63, 3.8) is 0 Å². The second-order valence-electron chi connectivity index (χ2n) is 7.36. The van der Waals surface area contributed by atoms with E-state index in [2.05, 4.69) is 28.9 Å². The fourth-order valence-electron chi connectivity index (χ4n) is 2.89. The van der Waals surface area contributed by atoms with Crippen molar-refractivity contribution >= 4 is 22.9 Å². The summed E-state index contributed by atoms with van der Waals surface area (Å²) in [6.45, 7) is 14.6. The predicted molar refractivity (Wildman–Crippen MR) is 140 cm³/mol. The Morgan fingerprint density at radius 1 is 1.27 bits per heavy atom. The smallest absolute Gasteiger partial charge is 0.267 e. The van der Waals surface area contributed by atoms with E-state index >= 15 is 0 Å². The molecule has 0 spiro atoms. The number of rotatable bonds is 11. The molecule has 0 atom stereocenters. The quantitative estimate of drug-likeness (QED) is 0.149. The highest BCUT2D eigenvalue weighted by atomic mass is 16.5. The maximum atomic E-state index is 11.2. The molecule has 0 aliphatic carbocycles. The molecule has 184 valence electrons. The van der Waals surface area contributed by atoms with Gasteiger partial charge < -0.3 is 10.2 Å². The van der Waals surface area contributed by atoms with Crippen LogP contribution in [0.3, 0.4) is 0 Å². The Bertz CT molecular complexity index is 869. The highest BCUT2D eigenvalue weighted by molar-refractivity contribution is 5.92. The van der Waals surface area contributed by atoms with Crippen molar-refractivity contribution in [2.75, 3.05) is 27.2 Å². The molecule has 7 heteroatoms. The van der Waals surface area contributed by atoms with Crippen molar-refractivity contribution in [2.45, 2.75) is 53.6 Å². The number of carbonyl (C=O) groups is 1. The van der Waals surface area contributed by atoms with Crippen molar-refractivity contribution in [1.29, 1.82) is 0 Å². The molecule has 0 bridgehead atoms. The van der Waals surface area contributed by atoms with Gasteiger partial charge in [-0.3, -0.25) is 14.7 Å². The summed E-state index contributed by atoms with van der Waals surface area (Å²) in [5, 5.41) is 18.0. The fraction of sp³-hybridized carbons (Fsp3) is 0.462. The first-order chi connectivity index (χ1) is 16.0. The number of fused-ring (bicyclic) bond motifs is 1. The lowest BCUT2D eigenvalue weighted by atomic mass is 10.1. The molecule has 1 amide bonds. The molecule has 3 N–H and O–H groups in total. The predicted octanol–water partition coefficient (Wildman–Crippen LogP) is 4.78. The molecule has 2 aromatic rings. The van der Waals surface area contributed by atoms with E-state index in [0.717, 1.165) is 54.6 Å². The molecule has 0 aliphatic rings. The number of benzene rings is 1. The number of amides is 1. The number of allylic oxidation sites excluding steroid dienone is 3. The monoisotopic (exact) mass is 457 g/mol. The average molecular weight is 458 g/mol. The summed E-state index contributed by atoms with van der Waals surface area (Å²) in [5.74, 6) is -0.551. The molecule has 0 aliphatic heterocycles. The summed E-state index contributed by atoms with van der Waals surface area (Å²) < 4.78 is 2.04. The molecule has 0 saturated heterocycles. The van der Waals surface area contributed by atoms with Crippen LogP contribution in [0.1, 0.15) is 51.8 Å². The lowest BCUT2D eigenvalue weighted by molar-refractivity contribution is -0.124. The molecular weight excluding hydrogens is 414 g/mol. The maximum absolute atomic E-state index is 11.2. The molecule has 0 radical (unpaired) electrons. The number of unbranched alkanes of at least 4 members (excludes halogenated alkanes) is 1. The van der Waals surface area contributed by atoms with Gasteiger partial charge in [-0.1, -0.05) is 38.1 Å². The maximum Gasteiger partial charge on any atom is 0.267 e. The zero-order valence-corrected chi connectivity index (χ0v) is 21.3. The van der Waals surface area contributed by atoms with Crippen LogP contribution in [-0.2, 0) is 17.9 Å². The Hall–Kier alpha value is -2.74. The van der Waals surface area contributed by atoms with Gasteiger partial charge in [0.15, 0.2) is 0 Å². The average Bonchev–Trinajstić information content (AvgIpc) is 3.17. The van der Waals surface area contributed by atoms with Gasteiger partial charge in [0.05, 0.1) is 17.8 Å². The number of hydrogen-bond donors (Lipinski definition) is 3. The highest BCUT2D eigenvalue weighted by Crippen LogP contribution is 2.21. The first kappa shape index (κ1) is 30.3. The minimum atomic E-state index is -0.551. The summed E-state index contributed by atoms with van der Waals surface area (Å²) in [5.41, 5.74) is 4.57. The van der Waals surface area contributed by atoms with Gasteiger partial charge in [0.25, 0.3) is 5.91 Å². The molecule has 0 fully saturated rings. The number of likely N-dealkylation sites (N-methyl/N-ethyl adjacent to an activating group) is 1. The largest absolute Gasteiger partial charge is 0.311 e. The van der Waals surface area contributed by atoms with Crippen LogP contribution in [0.2, 0.25) is 0 Å². The minimum absolute atomic E-state index is 0.551. The van der Waals surface area contributed by atoms with Crippen LogP contribution in [-0.4, -0.2) is 53.0 Å². The summed E-state index contributed by atoms with van der Waals surface area (Å²) in [4.78, 5) is 13.4. The summed E-state index contributed by atoms with van der Waals surface area (Å²) in [6.07, 6.45) is 11.1. The Labute approximate surface area is 199 Å². The third-order valence-corrected chi connectivity index (χ3v) is 4.40. The summed E-state index contributed by atoms with van der Waals surface area (Å²) in [6, 6.07) is 6.02. The minimum Gasteiger partial charge on any atom is -0.311 e. The number of hydroxylamine groups is 1. The van der Waals surface area contributed by atoms with Gasteiger partial charge in [0.2, 0.25) is 0 Å². The topological polar surface area (TPSA) is 82.4 Å². The number of carbonyl (C=O) groups excluding carboxylic acids is 1.